The van der Waals surface area contributed by atoms with E-state index in [2.05, 4.69) is 10.0 Å². The molecule has 8 heteroatoms. The van der Waals surface area contributed by atoms with Crippen LogP contribution >= 0.6 is 0 Å². The third kappa shape index (κ3) is 5.12. The molecule has 0 aliphatic heterocycles. The molecule has 7 nitrogen and oxygen atoms in total. The minimum absolute atomic E-state index is 0.0534. The molecule has 0 fully saturated rings. The predicted molar refractivity (Wildman–Crippen MR) is 95.7 cm³/mol. The maximum absolute atomic E-state index is 12.4. The molecule has 2 aromatic rings. The van der Waals surface area contributed by atoms with Crippen LogP contribution in [0.15, 0.2) is 48.5 Å². The van der Waals surface area contributed by atoms with Gasteiger partial charge in [0.15, 0.2) is 0 Å². The van der Waals surface area contributed by atoms with Gasteiger partial charge in [0.1, 0.15) is 17.1 Å². The summed E-state index contributed by atoms with van der Waals surface area (Å²) >= 11 is 0. The summed E-state index contributed by atoms with van der Waals surface area (Å²) in [4.78, 5) is 12.4. The smallest absolute Gasteiger partial charge is 0.258 e. The molecule has 134 valence electrons. The summed E-state index contributed by atoms with van der Waals surface area (Å²) in [7, 11) is -0.683. The number of sulfonamides is 1. The Morgan fingerprint density at radius 1 is 0.960 bits per heavy atom. The molecule has 0 saturated heterocycles. The number of anilines is 1. The number of amides is 1. The summed E-state index contributed by atoms with van der Waals surface area (Å²) in [6.07, 6.45) is 0. The lowest BCUT2D eigenvalue weighted by Gasteiger charge is -2.13. The first-order valence-corrected chi connectivity index (χ1v) is 9.17. The van der Waals surface area contributed by atoms with Crippen LogP contribution in [0, 0.1) is 0 Å². The molecule has 0 saturated carbocycles. The van der Waals surface area contributed by atoms with Crippen LogP contribution < -0.4 is 19.5 Å². The molecule has 25 heavy (non-hydrogen) atoms. The molecule has 0 aliphatic carbocycles. The number of methoxy groups -OCH3 is 2. The third-order valence-corrected chi connectivity index (χ3v) is 4.65. The minimum Gasteiger partial charge on any atom is -0.496 e. The highest BCUT2D eigenvalue weighted by atomic mass is 32.2. The van der Waals surface area contributed by atoms with E-state index in [-0.39, 0.29) is 17.9 Å². The van der Waals surface area contributed by atoms with Gasteiger partial charge in [0.2, 0.25) is 10.0 Å². The van der Waals surface area contributed by atoms with E-state index in [0.29, 0.717) is 17.2 Å². The maximum Gasteiger partial charge on any atom is 0.258 e. The summed E-state index contributed by atoms with van der Waals surface area (Å²) in [5, 5.41) is 2.57. The summed E-state index contributed by atoms with van der Waals surface area (Å²) in [6, 6.07) is 13.5. The number of ether oxygens (including phenoxy) is 2. The first-order chi connectivity index (χ1) is 12.0. The lowest BCUT2D eigenvalue weighted by molar-refractivity contribution is 0.0950. The van der Waals surface area contributed by atoms with Crippen molar-refractivity contribution in [2.24, 2.45) is 0 Å². The van der Waals surface area contributed by atoms with Crippen molar-refractivity contribution in [3.05, 3.63) is 54.1 Å². The van der Waals surface area contributed by atoms with E-state index in [1.165, 1.54) is 14.2 Å². The Morgan fingerprint density at radius 2 is 1.56 bits per heavy atom. The number of carbonyl (C=O) groups is 1. The molecule has 1 amide bonds. The predicted octanol–water partition coefficient (Wildman–Crippen LogP) is 1.88. The van der Waals surface area contributed by atoms with Gasteiger partial charge in [-0.25, -0.2) is 8.42 Å². The SMILES string of the molecule is COc1cccc(OC)c1C(=O)NCCS(=O)(=O)Nc1ccccc1. The van der Waals surface area contributed by atoms with Crippen molar-refractivity contribution in [2.45, 2.75) is 0 Å². The molecule has 0 atom stereocenters. The van der Waals surface area contributed by atoms with Crippen molar-refractivity contribution in [3.63, 3.8) is 0 Å². The number of hydrogen-bond acceptors (Lipinski definition) is 5. The molecule has 2 aromatic carbocycles. The maximum atomic E-state index is 12.4. The monoisotopic (exact) mass is 364 g/mol. The molecule has 0 heterocycles. The molecule has 0 aliphatic rings. The van der Waals surface area contributed by atoms with Crippen LogP contribution in [-0.4, -0.2) is 40.8 Å². The van der Waals surface area contributed by atoms with Crippen molar-refractivity contribution >= 4 is 21.6 Å². The second kappa shape index (κ2) is 8.39. The van der Waals surface area contributed by atoms with Gasteiger partial charge in [-0.3, -0.25) is 9.52 Å². The number of rotatable bonds is 8. The van der Waals surface area contributed by atoms with Crippen LogP contribution in [0.2, 0.25) is 0 Å². The standard InChI is InChI=1S/C17H20N2O5S/c1-23-14-9-6-10-15(24-2)16(14)17(20)18-11-12-25(21,22)19-13-7-4-3-5-8-13/h3-10,19H,11-12H2,1-2H3,(H,18,20). The Kier molecular flexibility index (Phi) is 6.24. The van der Waals surface area contributed by atoms with Crippen LogP contribution in [0.25, 0.3) is 0 Å². The van der Waals surface area contributed by atoms with Crippen LogP contribution in [-0.2, 0) is 10.0 Å². The zero-order valence-corrected chi connectivity index (χ0v) is 14.8. The average molecular weight is 364 g/mol. The fourth-order valence-corrected chi connectivity index (χ4v) is 3.17. The molecular weight excluding hydrogens is 344 g/mol. The molecule has 0 aromatic heterocycles. The van der Waals surface area contributed by atoms with E-state index < -0.39 is 15.9 Å². The van der Waals surface area contributed by atoms with Gasteiger partial charge in [-0.2, -0.15) is 0 Å². The molecular formula is C17H20N2O5S. The molecule has 0 bridgehead atoms. The van der Waals surface area contributed by atoms with Crippen LogP contribution in [0.4, 0.5) is 5.69 Å². The van der Waals surface area contributed by atoms with Crippen LogP contribution in [0.1, 0.15) is 10.4 Å². The van der Waals surface area contributed by atoms with E-state index in [0.717, 1.165) is 0 Å². The van der Waals surface area contributed by atoms with Crippen LogP contribution in [0.5, 0.6) is 11.5 Å². The molecule has 0 radical (unpaired) electrons. The quantitative estimate of drug-likeness (QED) is 0.746. The van der Waals surface area contributed by atoms with Gasteiger partial charge >= 0.3 is 0 Å². The molecule has 0 spiro atoms. The Morgan fingerprint density at radius 3 is 2.12 bits per heavy atom. The third-order valence-electron chi connectivity index (χ3n) is 3.36. The van der Waals surface area contributed by atoms with Gasteiger partial charge in [0.25, 0.3) is 5.91 Å². The Bertz CT molecular complexity index is 800. The van der Waals surface area contributed by atoms with Gasteiger partial charge in [-0.15, -0.1) is 0 Å². The van der Waals surface area contributed by atoms with Gasteiger partial charge in [0, 0.05) is 12.2 Å². The summed E-state index contributed by atoms with van der Waals surface area (Å²) in [5.74, 6) is -0.0288. The number of benzene rings is 2. The van der Waals surface area contributed by atoms with Crippen molar-refractivity contribution in [1.82, 2.24) is 5.32 Å². The van der Waals surface area contributed by atoms with Crippen molar-refractivity contribution in [2.75, 3.05) is 31.2 Å². The highest BCUT2D eigenvalue weighted by molar-refractivity contribution is 7.92. The molecule has 0 unspecified atom stereocenters. The lowest BCUT2D eigenvalue weighted by Crippen LogP contribution is -2.31. The van der Waals surface area contributed by atoms with E-state index >= 15 is 0 Å². The fraction of sp³-hybridized carbons (Fsp3) is 0.235. The van der Waals surface area contributed by atoms with Gasteiger partial charge in [0.05, 0.1) is 20.0 Å². The Hall–Kier alpha value is -2.74. The number of nitrogens with one attached hydrogen (secondary N) is 2. The topological polar surface area (TPSA) is 93.7 Å². The Labute approximate surface area is 147 Å². The summed E-state index contributed by atoms with van der Waals surface area (Å²) in [6.45, 7) is -0.0534. The first-order valence-electron chi connectivity index (χ1n) is 7.51. The zero-order chi connectivity index (χ0) is 18.3. The Balaban J connectivity index is 1.99. The molecule has 2 rings (SSSR count). The van der Waals surface area contributed by atoms with Crippen molar-refractivity contribution < 1.29 is 22.7 Å². The highest BCUT2D eigenvalue weighted by Crippen LogP contribution is 2.27. The van der Waals surface area contributed by atoms with Gasteiger partial charge in [-0.1, -0.05) is 24.3 Å². The van der Waals surface area contributed by atoms with E-state index in [1.807, 2.05) is 0 Å². The van der Waals surface area contributed by atoms with Crippen LogP contribution in [0.3, 0.4) is 0 Å². The largest absolute Gasteiger partial charge is 0.496 e. The fourth-order valence-electron chi connectivity index (χ4n) is 2.20. The van der Waals surface area contributed by atoms with E-state index in [1.54, 1.807) is 48.5 Å². The van der Waals surface area contributed by atoms with Gasteiger partial charge < -0.3 is 14.8 Å². The van der Waals surface area contributed by atoms with Crippen molar-refractivity contribution in [3.8, 4) is 11.5 Å². The second-order valence-electron chi connectivity index (χ2n) is 5.08. The minimum atomic E-state index is -3.57. The molecule has 2 N–H and O–H groups in total. The normalized spacial score (nSPS) is 10.8. The average Bonchev–Trinajstić information content (AvgIpc) is 2.61. The lowest BCUT2D eigenvalue weighted by atomic mass is 10.1. The zero-order valence-electron chi connectivity index (χ0n) is 14.0. The van der Waals surface area contributed by atoms with E-state index in [9.17, 15) is 13.2 Å². The first kappa shape index (κ1) is 18.6. The van der Waals surface area contributed by atoms with Crippen molar-refractivity contribution in [1.29, 1.82) is 0 Å². The van der Waals surface area contributed by atoms with Gasteiger partial charge in [-0.05, 0) is 24.3 Å². The number of hydrogen-bond donors (Lipinski definition) is 2. The number of carbonyl (C=O) groups excluding carboxylic acids is 1. The summed E-state index contributed by atoms with van der Waals surface area (Å²) < 4.78 is 36.9. The number of para-hydroxylation sites is 1. The second-order valence-corrected chi connectivity index (χ2v) is 6.92. The highest BCUT2D eigenvalue weighted by Gasteiger charge is 2.19. The van der Waals surface area contributed by atoms with E-state index in [4.69, 9.17) is 9.47 Å². The summed E-state index contributed by atoms with van der Waals surface area (Å²) in [5.41, 5.74) is 0.696.